The highest BCUT2D eigenvalue weighted by Crippen LogP contribution is 2.34. The molecule has 0 radical (unpaired) electrons. The first-order valence-corrected chi connectivity index (χ1v) is 8.63. The molecule has 3 rings (SSSR count). The van der Waals surface area contributed by atoms with Gasteiger partial charge in [0, 0.05) is 37.8 Å². The third kappa shape index (κ3) is 3.51. The molecule has 0 atom stereocenters. The minimum Gasteiger partial charge on any atom is -0.396 e. The maximum Gasteiger partial charge on any atom is 0.317 e. The van der Waals surface area contributed by atoms with Gasteiger partial charge in [-0.1, -0.05) is 19.1 Å². The lowest BCUT2D eigenvalue weighted by molar-refractivity contribution is 0.0519. The van der Waals surface area contributed by atoms with Crippen LogP contribution in [0.5, 0.6) is 0 Å². The number of carbonyl (C=O) groups is 1. The van der Waals surface area contributed by atoms with Crippen LogP contribution in [0.15, 0.2) is 36.5 Å². The topological polar surface area (TPSA) is 65.5 Å². The van der Waals surface area contributed by atoms with Crippen molar-refractivity contribution in [2.24, 2.45) is 5.41 Å². The van der Waals surface area contributed by atoms with Crippen LogP contribution in [-0.2, 0) is 6.54 Å². The number of carbonyl (C=O) groups excluding carboxylic acids is 1. The van der Waals surface area contributed by atoms with E-state index in [1.807, 2.05) is 29.2 Å². The number of aliphatic hydroxyl groups is 1. The van der Waals surface area contributed by atoms with Gasteiger partial charge in [-0.15, -0.1) is 0 Å². The maximum atomic E-state index is 12.4. The van der Waals surface area contributed by atoms with Crippen molar-refractivity contribution in [2.75, 3.05) is 19.7 Å². The van der Waals surface area contributed by atoms with Crippen LogP contribution in [0, 0.1) is 5.41 Å². The van der Waals surface area contributed by atoms with E-state index >= 15 is 0 Å². The Balaban J connectivity index is 1.55. The fourth-order valence-electron chi connectivity index (χ4n) is 3.33. The summed E-state index contributed by atoms with van der Waals surface area (Å²) in [6.45, 7) is 4.26. The second-order valence-electron chi connectivity index (χ2n) is 6.69. The van der Waals surface area contributed by atoms with Gasteiger partial charge >= 0.3 is 6.03 Å². The van der Waals surface area contributed by atoms with E-state index in [1.165, 1.54) is 0 Å². The SMILES string of the molecule is CCC1(CO)CCN(C(=O)NCc2ccc3ncccc3c2)CC1. The molecule has 1 aliphatic rings. The zero-order chi connectivity index (χ0) is 17.0. The van der Waals surface area contributed by atoms with Crippen molar-refractivity contribution in [1.29, 1.82) is 0 Å². The Morgan fingerprint density at radius 3 is 2.83 bits per heavy atom. The summed E-state index contributed by atoms with van der Waals surface area (Å²) in [4.78, 5) is 18.5. The number of fused-ring (bicyclic) bond motifs is 1. The number of aliphatic hydroxyl groups excluding tert-OH is 1. The average molecular weight is 327 g/mol. The van der Waals surface area contributed by atoms with E-state index in [9.17, 15) is 9.90 Å². The summed E-state index contributed by atoms with van der Waals surface area (Å²) in [6, 6.07) is 9.96. The average Bonchev–Trinajstić information content (AvgIpc) is 2.66. The van der Waals surface area contributed by atoms with Crippen LogP contribution in [0.4, 0.5) is 4.79 Å². The highest BCUT2D eigenvalue weighted by Gasteiger charge is 2.33. The molecule has 1 aliphatic heterocycles. The molecule has 0 spiro atoms. The van der Waals surface area contributed by atoms with Gasteiger partial charge in [0.25, 0.3) is 0 Å². The zero-order valence-corrected chi connectivity index (χ0v) is 14.2. The molecule has 1 fully saturated rings. The Bertz CT molecular complexity index is 703. The highest BCUT2D eigenvalue weighted by atomic mass is 16.3. The molecule has 5 heteroatoms. The molecule has 1 aromatic carbocycles. The molecular formula is C19H25N3O2. The molecule has 2 amide bonds. The van der Waals surface area contributed by atoms with Crippen molar-refractivity contribution in [2.45, 2.75) is 32.7 Å². The Labute approximate surface area is 142 Å². The summed E-state index contributed by atoms with van der Waals surface area (Å²) >= 11 is 0. The van der Waals surface area contributed by atoms with E-state index in [-0.39, 0.29) is 18.1 Å². The molecule has 1 aromatic heterocycles. The van der Waals surface area contributed by atoms with Crippen LogP contribution in [0.2, 0.25) is 0 Å². The van der Waals surface area contributed by atoms with Gasteiger partial charge in [-0.2, -0.15) is 0 Å². The summed E-state index contributed by atoms with van der Waals surface area (Å²) in [7, 11) is 0. The molecule has 0 aliphatic carbocycles. The van der Waals surface area contributed by atoms with E-state index in [2.05, 4.69) is 23.3 Å². The summed E-state index contributed by atoms with van der Waals surface area (Å²) in [5, 5.41) is 13.7. The van der Waals surface area contributed by atoms with Gasteiger partial charge < -0.3 is 15.3 Å². The first-order valence-electron chi connectivity index (χ1n) is 8.63. The molecule has 1 saturated heterocycles. The second kappa shape index (κ2) is 7.18. The number of nitrogens with one attached hydrogen (secondary N) is 1. The molecule has 0 unspecified atom stereocenters. The van der Waals surface area contributed by atoms with Crippen molar-refractivity contribution in [3.05, 3.63) is 42.1 Å². The fourth-order valence-corrected chi connectivity index (χ4v) is 3.33. The van der Waals surface area contributed by atoms with E-state index in [0.717, 1.165) is 35.7 Å². The molecule has 5 nitrogen and oxygen atoms in total. The van der Waals surface area contributed by atoms with Crippen molar-refractivity contribution < 1.29 is 9.90 Å². The predicted octanol–water partition coefficient (Wildman–Crippen LogP) is 2.93. The number of aromatic nitrogens is 1. The van der Waals surface area contributed by atoms with Gasteiger partial charge in [0.05, 0.1) is 5.52 Å². The van der Waals surface area contributed by atoms with Gasteiger partial charge in [0.1, 0.15) is 0 Å². The number of likely N-dealkylation sites (tertiary alicyclic amines) is 1. The van der Waals surface area contributed by atoms with Gasteiger partial charge in [-0.25, -0.2) is 4.79 Å². The molecule has 2 aromatic rings. The largest absolute Gasteiger partial charge is 0.396 e. The molecule has 24 heavy (non-hydrogen) atoms. The first kappa shape index (κ1) is 16.7. The predicted molar refractivity (Wildman–Crippen MR) is 94.6 cm³/mol. The Kier molecular flexibility index (Phi) is 5.00. The first-order chi connectivity index (χ1) is 11.7. The molecule has 2 N–H and O–H groups in total. The fraction of sp³-hybridized carbons (Fsp3) is 0.474. The Hall–Kier alpha value is -2.14. The minimum atomic E-state index is -0.0241. The molecular weight excluding hydrogens is 302 g/mol. The Morgan fingerprint density at radius 1 is 1.33 bits per heavy atom. The number of urea groups is 1. The van der Waals surface area contributed by atoms with Crippen LogP contribution >= 0.6 is 0 Å². The van der Waals surface area contributed by atoms with Gasteiger partial charge in [0.2, 0.25) is 0 Å². The maximum absolute atomic E-state index is 12.4. The van der Waals surface area contributed by atoms with Crippen LogP contribution < -0.4 is 5.32 Å². The van der Waals surface area contributed by atoms with Gasteiger partial charge in [0.15, 0.2) is 0 Å². The van der Waals surface area contributed by atoms with Crippen LogP contribution in [0.3, 0.4) is 0 Å². The lowest BCUT2D eigenvalue weighted by Crippen LogP contribution is -2.48. The molecule has 0 saturated carbocycles. The summed E-state index contributed by atoms with van der Waals surface area (Å²) in [5.74, 6) is 0. The standard InChI is InChI=1S/C19H25N3O2/c1-2-19(14-23)7-10-22(11-8-19)18(24)21-13-15-5-6-17-16(12-15)4-3-9-20-17/h3-6,9,12,23H,2,7-8,10-11,13-14H2,1H3,(H,21,24). The number of benzene rings is 1. The summed E-state index contributed by atoms with van der Waals surface area (Å²) in [5.41, 5.74) is 2.03. The summed E-state index contributed by atoms with van der Waals surface area (Å²) in [6.07, 6.45) is 4.48. The van der Waals surface area contributed by atoms with Crippen LogP contribution in [0.25, 0.3) is 10.9 Å². The van der Waals surface area contributed by atoms with Gasteiger partial charge in [-0.05, 0) is 48.4 Å². The van der Waals surface area contributed by atoms with Crippen molar-refractivity contribution in [3.8, 4) is 0 Å². The monoisotopic (exact) mass is 327 g/mol. The smallest absolute Gasteiger partial charge is 0.317 e. The lowest BCUT2D eigenvalue weighted by atomic mass is 9.77. The van der Waals surface area contributed by atoms with E-state index in [1.54, 1.807) is 6.20 Å². The molecule has 2 heterocycles. The second-order valence-corrected chi connectivity index (χ2v) is 6.69. The Morgan fingerprint density at radius 2 is 2.12 bits per heavy atom. The summed E-state index contributed by atoms with van der Waals surface area (Å²) < 4.78 is 0. The number of hydrogen-bond acceptors (Lipinski definition) is 3. The lowest BCUT2D eigenvalue weighted by Gasteiger charge is -2.40. The van der Waals surface area contributed by atoms with E-state index in [4.69, 9.17) is 0 Å². The van der Waals surface area contributed by atoms with Crippen molar-refractivity contribution >= 4 is 16.9 Å². The highest BCUT2D eigenvalue weighted by molar-refractivity contribution is 5.79. The third-order valence-electron chi connectivity index (χ3n) is 5.31. The van der Waals surface area contributed by atoms with Crippen molar-refractivity contribution in [1.82, 2.24) is 15.2 Å². The number of amides is 2. The number of pyridine rings is 1. The molecule has 128 valence electrons. The van der Waals surface area contributed by atoms with E-state index in [0.29, 0.717) is 19.6 Å². The normalized spacial score (nSPS) is 17.0. The quantitative estimate of drug-likeness (QED) is 0.907. The number of hydrogen-bond donors (Lipinski definition) is 2. The number of rotatable bonds is 4. The zero-order valence-electron chi connectivity index (χ0n) is 14.2. The van der Waals surface area contributed by atoms with Crippen LogP contribution in [-0.4, -0.2) is 40.7 Å². The number of nitrogens with zero attached hydrogens (tertiary/aromatic N) is 2. The minimum absolute atomic E-state index is 0.00211. The van der Waals surface area contributed by atoms with Gasteiger partial charge in [-0.3, -0.25) is 4.98 Å². The van der Waals surface area contributed by atoms with E-state index < -0.39 is 0 Å². The molecule has 0 bridgehead atoms. The van der Waals surface area contributed by atoms with Crippen LogP contribution in [0.1, 0.15) is 31.7 Å². The third-order valence-corrected chi connectivity index (χ3v) is 5.31. The number of piperidine rings is 1. The van der Waals surface area contributed by atoms with Crippen molar-refractivity contribution in [3.63, 3.8) is 0 Å².